The molecule has 0 aliphatic carbocycles. The van der Waals surface area contributed by atoms with Crippen molar-refractivity contribution >= 4 is 26.9 Å². The molecule has 3 N–H and O–H groups in total. The van der Waals surface area contributed by atoms with Crippen molar-refractivity contribution in [2.75, 3.05) is 20.3 Å². The normalized spacial score (nSPS) is 11.7. The number of benzene rings is 1. The largest absolute Gasteiger partial charge is 0.477 e. The van der Waals surface area contributed by atoms with Crippen LogP contribution in [0, 0.1) is 0 Å². The SMILES string of the molecule is COCCNS(=O)(=O)c1ccc2[nH]cc(C(=O)O)c(=O)c2c1. The van der Waals surface area contributed by atoms with E-state index in [1.807, 2.05) is 0 Å². The van der Waals surface area contributed by atoms with Crippen LogP contribution in [0.5, 0.6) is 0 Å². The van der Waals surface area contributed by atoms with Crippen LogP contribution in [0.1, 0.15) is 10.4 Å². The summed E-state index contributed by atoms with van der Waals surface area (Å²) in [6.45, 7) is 0.291. The number of carbonyl (C=O) groups is 1. The molecule has 0 amide bonds. The molecule has 0 saturated heterocycles. The molecule has 0 aliphatic rings. The van der Waals surface area contributed by atoms with Crippen molar-refractivity contribution in [2.45, 2.75) is 4.90 Å². The molecular weight excluding hydrogens is 312 g/mol. The lowest BCUT2D eigenvalue weighted by atomic mass is 10.1. The summed E-state index contributed by atoms with van der Waals surface area (Å²) in [7, 11) is -2.36. The molecule has 8 nitrogen and oxygen atoms in total. The minimum absolute atomic E-state index is 0.00508. The number of sulfonamides is 1. The van der Waals surface area contributed by atoms with Crippen LogP contribution in [-0.2, 0) is 14.8 Å². The average Bonchev–Trinajstić information content (AvgIpc) is 2.47. The number of aromatic carboxylic acids is 1. The number of nitrogens with one attached hydrogen (secondary N) is 2. The highest BCUT2D eigenvalue weighted by atomic mass is 32.2. The van der Waals surface area contributed by atoms with Crippen LogP contribution >= 0.6 is 0 Å². The summed E-state index contributed by atoms with van der Waals surface area (Å²) >= 11 is 0. The van der Waals surface area contributed by atoms with Crippen LogP contribution < -0.4 is 10.2 Å². The van der Waals surface area contributed by atoms with Gasteiger partial charge < -0.3 is 14.8 Å². The Balaban J connectivity index is 2.52. The van der Waals surface area contributed by atoms with Gasteiger partial charge in [0.15, 0.2) is 0 Å². The number of carboxylic acids is 1. The number of aromatic amines is 1. The number of methoxy groups -OCH3 is 1. The van der Waals surface area contributed by atoms with E-state index in [9.17, 15) is 18.0 Å². The van der Waals surface area contributed by atoms with Crippen molar-refractivity contribution < 1.29 is 23.1 Å². The Labute approximate surface area is 125 Å². The van der Waals surface area contributed by atoms with Crippen molar-refractivity contribution in [3.8, 4) is 0 Å². The van der Waals surface area contributed by atoms with Crippen molar-refractivity contribution in [1.29, 1.82) is 0 Å². The van der Waals surface area contributed by atoms with Gasteiger partial charge in [-0.1, -0.05) is 0 Å². The Bertz CT molecular complexity index is 872. The summed E-state index contributed by atoms with van der Waals surface area (Å²) < 4.78 is 31.2. The van der Waals surface area contributed by atoms with E-state index >= 15 is 0 Å². The standard InChI is InChI=1S/C13H14N2O6S/c1-21-5-4-15-22(19,20)8-2-3-11-9(6-8)12(16)10(7-14-11)13(17)18/h2-3,6-7,15H,4-5H2,1H3,(H,14,16)(H,17,18). The summed E-state index contributed by atoms with van der Waals surface area (Å²) in [6.07, 6.45) is 1.08. The second kappa shape index (κ2) is 6.26. The lowest BCUT2D eigenvalue weighted by Gasteiger charge is -2.07. The van der Waals surface area contributed by atoms with Crippen LogP contribution in [-0.4, -0.2) is 44.7 Å². The molecule has 9 heteroatoms. The van der Waals surface area contributed by atoms with E-state index in [1.165, 1.54) is 19.2 Å². The van der Waals surface area contributed by atoms with E-state index in [0.717, 1.165) is 12.3 Å². The second-order valence-corrected chi connectivity index (χ2v) is 6.20. The first-order valence-corrected chi connectivity index (χ1v) is 7.72. The summed E-state index contributed by atoms with van der Waals surface area (Å²) in [5, 5.41) is 8.93. The fourth-order valence-electron chi connectivity index (χ4n) is 1.89. The van der Waals surface area contributed by atoms with Gasteiger partial charge in [0, 0.05) is 30.8 Å². The third kappa shape index (κ3) is 3.16. The third-order valence-corrected chi connectivity index (χ3v) is 4.45. The summed E-state index contributed by atoms with van der Waals surface area (Å²) in [5.74, 6) is -1.38. The fourth-order valence-corrected chi connectivity index (χ4v) is 2.92. The number of hydrogen-bond donors (Lipinski definition) is 3. The lowest BCUT2D eigenvalue weighted by Crippen LogP contribution is -2.27. The number of aromatic nitrogens is 1. The van der Waals surface area contributed by atoms with Crippen molar-refractivity contribution in [1.82, 2.24) is 9.71 Å². The molecule has 118 valence electrons. The van der Waals surface area contributed by atoms with Gasteiger partial charge in [0.25, 0.3) is 0 Å². The van der Waals surface area contributed by atoms with Crippen LogP contribution in [0.2, 0.25) is 0 Å². The Morgan fingerprint density at radius 2 is 2.14 bits per heavy atom. The Hall–Kier alpha value is -2.23. The number of ether oxygens (including phenoxy) is 1. The summed E-state index contributed by atoms with van der Waals surface area (Å²) in [6, 6.07) is 3.89. The predicted molar refractivity (Wildman–Crippen MR) is 78.6 cm³/mol. The molecule has 0 unspecified atom stereocenters. The van der Waals surface area contributed by atoms with Crippen LogP contribution in [0.25, 0.3) is 10.9 Å². The fraction of sp³-hybridized carbons (Fsp3) is 0.231. The summed E-state index contributed by atoms with van der Waals surface area (Å²) in [4.78, 5) is 25.6. The number of hydrogen-bond acceptors (Lipinski definition) is 5. The van der Waals surface area contributed by atoms with E-state index in [0.29, 0.717) is 5.52 Å². The summed E-state index contributed by atoms with van der Waals surface area (Å²) in [5.41, 5.74) is -0.838. The molecule has 2 aromatic rings. The Morgan fingerprint density at radius 3 is 2.77 bits per heavy atom. The maximum atomic E-state index is 12.1. The molecule has 2 rings (SSSR count). The molecule has 0 aliphatic heterocycles. The van der Waals surface area contributed by atoms with E-state index in [2.05, 4.69) is 9.71 Å². The highest BCUT2D eigenvalue weighted by molar-refractivity contribution is 7.89. The molecule has 0 radical (unpaired) electrons. The second-order valence-electron chi connectivity index (χ2n) is 4.43. The smallest absolute Gasteiger partial charge is 0.341 e. The first-order valence-electron chi connectivity index (χ1n) is 6.24. The van der Waals surface area contributed by atoms with Crippen molar-refractivity contribution in [2.24, 2.45) is 0 Å². The molecule has 1 aromatic heterocycles. The van der Waals surface area contributed by atoms with Crippen LogP contribution in [0.3, 0.4) is 0 Å². The zero-order chi connectivity index (χ0) is 16.3. The van der Waals surface area contributed by atoms with E-state index in [4.69, 9.17) is 9.84 Å². The predicted octanol–water partition coefficient (Wildman–Crippen LogP) is 0.151. The average molecular weight is 326 g/mol. The molecular formula is C13H14N2O6S. The maximum Gasteiger partial charge on any atom is 0.341 e. The zero-order valence-electron chi connectivity index (χ0n) is 11.6. The van der Waals surface area contributed by atoms with Gasteiger partial charge in [0.05, 0.1) is 11.5 Å². The molecule has 1 heterocycles. The van der Waals surface area contributed by atoms with E-state index in [1.54, 1.807) is 0 Å². The van der Waals surface area contributed by atoms with Crippen LogP contribution in [0.4, 0.5) is 0 Å². The molecule has 0 bridgehead atoms. The third-order valence-electron chi connectivity index (χ3n) is 2.99. The van der Waals surface area contributed by atoms with Gasteiger partial charge in [0.2, 0.25) is 15.5 Å². The van der Waals surface area contributed by atoms with Crippen molar-refractivity contribution in [3.63, 3.8) is 0 Å². The quantitative estimate of drug-likeness (QED) is 0.649. The van der Waals surface area contributed by atoms with E-state index in [-0.39, 0.29) is 23.4 Å². The number of pyridine rings is 1. The highest BCUT2D eigenvalue weighted by Crippen LogP contribution is 2.15. The van der Waals surface area contributed by atoms with Gasteiger partial charge in [-0.3, -0.25) is 4.79 Å². The Morgan fingerprint density at radius 1 is 1.41 bits per heavy atom. The monoisotopic (exact) mass is 326 g/mol. The van der Waals surface area contributed by atoms with Gasteiger partial charge in [-0.15, -0.1) is 0 Å². The van der Waals surface area contributed by atoms with Gasteiger partial charge in [-0.25, -0.2) is 17.9 Å². The molecule has 0 atom stereocenters. The minimum Gasteiger partial charge on any atom is -0.477 e. The van der Waals surface area contributed by atoms with Crippen LogP contribution in [0.15, 0.2) is 34.1 Å². The number of rotatable bonds is 6. The molecule has 0 spiro atoms. The highest BCUT2D eigenvalue weighted by Gasteiger charge is 2.17. The number of carboxylic acid groups (broad SMARTS) is 1. The lowest BCUT2D eigenvalue weighted by molar-refractivity contribution is 0.0695. The van der Waals surface area contributed by atoms with Gasteiger partial charge in [-0.2, -0.15) is 0 Å². The Kier molecular flexibility index (Phi) is 4.59. The first kappa shape index (κ1) is 16.1. The van der Waals surface area contributed by atoms with Gasteiger partial charge in [0.1, 0.15) is 5.56 Å². The molecule has 1 aromatic carbocycles. The number of H-pyrrole nitrogens is 1. The molecule has 22 heavy (non-hydrogen) atoms. The molecule has 0 saturated carbocycles. The van der Waals surface area contributed by atoms with E-state index < -0.39 is 27.0 Å². The minimum atomic E-state index is -3.80. The van der Waals surface area contributed by atoms with Gasteiger partial charge >= 0.3 is 5.97 Å². The van der Waals surface area contributed by atoms with Gasteiger partial charge in [-0.05, 0) is 18.2 Å². The number of fused-ring (bicyclic) bond motifs is 1. The van der Waals surface area contributed by atoms with Crippen molar-refractivity contribution in [3.05, 3.63) is 40.2 Å². The topological polar surface area (TPSA) is 126 Å². The molecule has 0 fully saturated rings. The maximum absolute atomic E-state index is 12.1. The first-order chi connectivity index (χ1) is 10.4. The zero-order valence-corrected chi connectivity index (χ0v) is 12.4.